The van der Waals surface area contributed by atoms with Gasteiger partial charge in [-0.25, -0.2) is 0 Å². The minimum absolute atomic E-state index is 0.356. The number of ketones is 1. The molecule has 0 aromatic heterocycles. The highest BCUT2D eigenvalue weighted by Gasteiger charge is 2.36. The summed E-state index contributed by atoms with van der Waals surface area (Å²) in [6.07, 6.45) is 12.9. The van der Waals surface area contributed by atoms with E-state index in [1.165, 1.54) is 57.9 Å². The van der Waals surface area contributed by atoms with Crippen LogP contribution in [0, 0.1) is 17.8 Å². The number of hydrogen-bond donors (Lipinski definition) is 0. The highest BCUT2D eigenvalue weighted by Crippen LogP contribution is 2.37. The Kier molecular flexibility index (Phi) is 4.80. The molecule has 1 saturated heterocycles. The lowest BCUT2D eigenvalue weighted by Gasteiger charge is -2.45. The summed E-state index contributed by atoms with van der Waals surface area (Å²) in [5.74, 6) is 2.67. The van der Waals surface area contributed by atoms with Crippen molar-refractivity contribution in [1.82, 2.24) is 4.90 Å². The molecule has 3 fully saturated rings. The number of likely N-dealkylation sites (tertiary alicyclic amines) is 1. The fourth-order valence-electron chi connectivity index (χ4n) is 4.99. The molecule has 4 atom stereocenters. The molecule has 20 heavy (non-hydrogen) atoms. The number of hydrogen-bond acceptors (Lipinski definition) is 2. The van der Waals surface area contributed by atoms with Crippen LogP contribution in [0.5, 0.6) is 0 Å². The lowest BCUT2D eigenvalue weighted by molar-refractivity contribution is -0.127. The molecule has 0 spiro atoms. The Labute approximate surface area is 124 Å². The van der Waals surface area contributed by atoms with Crippen molar-refractivity contribution in [3.8, 4) is 0 Å². The maximum absolute atomic E-state index is 12.3. The quantitative estimate of drug-likeness (QED) is 0.776. The molecule has 0 N–H and O–H groups in total. The average Bonchev–Trinajstić information content (AvgIpc) is 2.50. The van der Waals surface area contributed by atoms with Crippen LogP contribution in [0.1, 0.15) is 71.1 Å². The largest absolute Gasteiger partial charge is 0.299 e. The molecule has 4 unspecified atom stereocenters. The first kappa shape index (κ1) is 14.6. The fraction of sp³-hybridized carbons (Fsp3) is 0.944. The van der Waals surface area contributed by atoms with Crippen molar-refractivity contribution < 1.29 is 4.79 Å². The Bertz CT molecular complexity index is 338. The standard InChI is InChI=1S/C18H31NO/c1-2-14-9-10-18(20)16(12-14)13-19-11-5-7-15-6-3-4-8-17(15)19/h14-17H,2-13H2,1H3. The van der Waals surface area contributed by atoms with E-state index in [1.807, 2.05) is 0 Å². The Morgan fingerprint density at radius 3 is 2.75 bits per heavy atom. The first-order valence-corrected chi connectivity index (χ1v) is 9.04. The Balaban J connectivity index is 1.61. The van der Waals surface area contributed by atoms with Crippen molar-refractivity contribution in [1.29, 1.82) is 0 Å². The molecule has 1 aliphatic heterocycles. The van der Waals surface area contributed by atoms with E-state index in [1.54, 1.807) is 0 Å². The predicted octanol–water partition coefficient (Wildman–Crippen LogP) is 4.04. The van der Waals surface area contributed by atoms with E-state index in [0.29, 0.717) is 11.7 Å². The summed E-state index contributed by atoms with van der Waals surface area (Å²) in [5, 5.41) is 0. The normalized spacial score (nSPS) is 39.5. The van der Waals surface area contributed by atoms with Gasteiger partial charge in [0.15, 0.2) is 0 Å². The number of carbonyl (C=O) groups excluding carboxylic acids is 1. The smallest absolute Gasteiger partial charge is 0.137 e. The summed E-state index contributed by atoms with van der Waals surface area (Å²) >= 11 is 0. The third-order valence-electron chi connectivity index (χ3n) is 6.26. The second kappa shape index (κ2) is 6.60. The highest BCUT2D eigenvalue weighted by atomic mass is 16.1. The van der Waals surface area contributed by atoms with Gasteiger partial charge in [-0.15, -0.1) is 0 Å². The van der Waals surface area contributed by atoms with Gasteiger partial charge in [0.25, 0.3) is 0 Å². The molecule has 2 nitrogen and oxygen atoms in total. The van der Waals surface area contributed by atoms with Gasteiger partial charge in [-0.1, -0.05) is 26.2 Å². The van der Waals surface area contributed by atoms with Crippen LogP contribution in [0.15, 0.2) is 0 Å². The van der Waals surface area contributed by atoms with Crippen LogP contribution in [0.25, 0.3) is 0 Å². The van der Waals surface area contributed by atoms with Gasteiger partial charge in [0.1, 0.15) is 5.78 Å². The zero-order chi connectivity index (χ0) is 13.9. The Morgan fingerprint density at radius 1 is 1.10 bits per heavy atom. The van der Waals surface area contributed by atoms with Crippen LogP contribution < -0.4 is 0 Å². The number of rotatable bonds is 3. The molecule has 0 bridgehead atoms. The summed E-state index contributed by atoms with van der Waals surface area (Å²) in [6, 6.07) is 0.812. The van der Waals surface area contributed by atoms with Crippen LogP contribution in [0.2, 0.25) is 0 Å². The van der Waals surface area contributed by atoms with Crippen LogP contribution in [0.3, 0.4) is 0 Å². The highest BCUT2D eigenvalue weighted by molar-refractivity contribution is 5.82. The minimum Gasteiger partial charge on any atom is -0.299 e. The molecule has 0 aromatic rings. The van der Waals surface area contributed by atoms with Gasteiger partial charge >= 0.3 is 0 Å². The zero-order valence-corrected chi connectivity index (χ0v) is 13.2. The van der Waals surface area contributed by atoms with Gasteiger partial charge in [-0.05, 0) is 56.9 Å². The zero-order valence-electron chi connectivity index (χ0n) is 13.2. The second-order valence-electron chi connectivity index (χ2n) is 7.46. The molecule has 0 aromatic carbocycles. The third kappa shape index (κ3) is 3.10. The monoisotopic (exact) mass is 277 g/mol. The topological polar surface area (TPSA) is 20.3 Å². The van der Waals surface area contributed by atoms with E-state index in [-0.39, 0.29) is 0 Å². The molecular weight excluding hydrogens is 246 g/mol. The van der Waals surface area contributed by atoms with E-state index < -0.39 is 0 Å². The summed E-state index contributed by atoms with van der Waals surface area (Å²) < 4.78 is 0. The van der Waals surface area contributed by atoms with E-state index in [0.717, 1.165) is 37.3 Å². The van der Waals surface area contributed by atoms with Crippen molar-refractivity contribution in [2.75, 3.05) is 13.1 Å². The number of Topliss-reactive ketones (excluding diaryl/α,β-unsaturated/α-hetero) is 1. The Morgan fingerprint density at radius 2 is 1.90 bits per heavy atom. The molecular formula is C18H31NO. The first-order chi connectivity index (χ1) is 9.78. The predicted molar refractivity (Wildman–Crippen MR) is 82.7 cm³/mol. The molecule has 3 rings (SSSR count). The van der Waals surface area contributed by atoms with Gasteiger partial charge in [0.05, 0.1) is 0 Å². The third-order valence-corrected chi connectivity index (χ3v) is 6.26. The molecule has 2 aliphatic carbocycles. The number of fused-ring (bicyclic) bond motifs is 1. The first-order valence-electron chi connectivity index (χ1n) is 9.04. The minimum atomic E-state index is 0.356. The van der Waals surface area contributed by atoms with Crippen molar-refractivity contribution in [2.45, 2.75) is 77.2 Å². The van der Waals surface area contributed by atoms with Gasteiger partial charge in [-0.3, -0.25) is 9.69 Å². The van der Waals surface area contributed by atoms with Crippen molar-refractivity contribution in [3.05, 3.63) is 0 Å². The summed E-state index contributed by atoms with van der Waals surface area (Å²) in [6.45, 7) is 4.62. The molecule has 1 heterocycles. The van der Waals surface area contributed by atoms with E-state index in [9.17, 15) is 4.79 Å². The van der Waals surface area contributed by atoms with E-state index in [2.05, 4.69) is 11.8 Å². The number of piperidine rings is 1. The second-order valence-corrected chi connectivity index (χ2v) is 7.46. The van der Waals surface area contributed by atoms with E-state index >= 15 is 0 Å². The number of nitrogens with zero attached hydrogens (tertiary/aromatic N) is 1. The molecule has 114 valence electrons. The van der Waals surface area contributed by atoms with Gasteiger partial charge in [0, 0.05) is 24.9 Å². The Hall–Kier alpha value is -0.370. The van der Waals surface area contributed by atoms with Gasteiger partial charge in [-0.2, -0.15) is 0 Å². The van der Waals surface area contributed by atoms with Crippen molar-refractivity contribution >= 4 is 5.78 Å². The van der Waals surface area contributed by atoms with Crippen LogP contribution >= 0.6 is 0 Å². The fourth-order valence-corrected chi connectivity index (χ4v) is 4.99. The van der Waals surface area contributed by atoms with E-state index in [4.69, 9.17) is 0 Å². The molecule has 2 saturated carbocycles. The van der Waals surface area contributed by atoms with Crippen LogP contribution in [-0.2, 0) is 4.79 Å². The maximum Gasteiger partial charge on any atom is 0.137 e. The number of carbonyl (C=O) groups is 1. The molecule has 0 radical (unpaired) electrons. The SMILES string of the molecule is CCC1CCC(=O)C(CN2CCCC3CCCCC32)C1. The molecule has 0 amide bonds. The lowest BCUT2D eigenvalue weighted by atomic mass is 9.76. The van der Waals surface area contributed by atoms with Crippen molar-refractivity contribution in [2.24, 2.45) is 17.8 Å². The summed E-state index contributed by atoms with van der Waals surface area (Å²) in [5.41, 5.74) is 0. The van der Waals surface area contributed by atoms with Gasteiger partial charge < -0.3 is 0 Å². The summed E-state index contributed by atoms with van der Waals surface area (Å²) in [4.78, 5) is 15.0. The van der Waals surface area contributed by atoms with Crippen molar-refractivity contribution in [3.63, 3.8) is 0 Å². The molecule has 2 heteroatoms. The lowest BCUT2D eigenvalue weighted by Crippen LogP contribution is -2.49. The maximum atomic E-state index is 12.3. The average molecular weight is 277 g/mol. The van der Waals surface area contributed by atoms with Gasteiger partial charge in [0.2, 0.25) is 0 Å². The molecule has 3 aliphatic rings. The van der Waals surface area contributed by atoms with Crippen LogP contribution in [0.4, 0.5) is 0 Å². The summed E-state index contributed by atoms with van der Waals surface area (Å²) in [7, 11) is 0. The van der Waals surface area contributed by atoms with Crippen LogP contribution in [-0.4, -0.2) is 29.8 Å².